The van der Waals surface area contributed by atoms with Crippen LogP contribution in [0.5, 0.6) is 0 Å². The second kappa shape index (κ2) is 6.84. The number of aromatic nitrogens is 2. The number of rotatable bonds is 5. The molecule has 1 unspecified atom stereocenters. The van der Waals surface area contributed by atoms with Crippen LogP contribution >= 0.6 is 23.1 Å². The summed E-state index contributed by atoms with van der Waals surface area (Å²) < 4.78 is 16.2. The molecule has 0 radical (unpaired) electrons. The first kappa shape index (κ1) is 16.2. The molecule has 23 heavy (non-hydrogen) atoms. The maximum Gasteiger partial charge on any atom is 0.272 e. The Labute approximate surface area is 142 Å². The molecule has 0 N–H and O–H groups in total. The molecule has 0 fully saturated rings. The Hall–Kier alpha value is -1.66. The van der Waals surface area contributed by atoms with Crippen molar-refractivity contribution in [2.75, 3.05) is 0 Å². The molecule has 0 amide bonds. The Bertz CT molecular complexity index is 888. The molecule has 2 heterocycles. The van der Waals surface area contributed by atoms with Crippen molar-refractivity contribution in [1.82, 2.24) is 9.55 Å². The van der Waals surface area contributed by atoms with Crippen molar-refractivity contribution in [1.29, 1.82) is 0 Å². The summed E-state index contributed by atoms with van der Waals surface area (Å²) in [6.07, 6.45) is 0.839. The maximum absolute atomic E-state index is 13.8. The Kier molecular flexibility index (Phi) is 4.82. The zero-order valence-corrected chi connectivity index (χ0v) is 14.6. The molecule has 1 aromatic carbocycles. The average Bonchev–Trinajstić information content (AvgIpc) is 3.02. The van der Waals surface area contributed by atoms with Gasteiger partial charge in [0, 0.05) is 11.8 Å². The number of halogens is 1. The Balaban J connectivity index is 2.02. The zero-order valence-electron chi connectivity index (χ0n) is 13.0. The summed E-state index contributed by atoms with van der Waals surface area (Å²) in [6, 6.07) is 8.62. The van der Waals surface area contributed by atoms with Gasteiger partial charge in [-0.1, -0.05) is 36.9 Å². The van der Waals surface area contributed by atoms with E-state index in [0.717, 1.165) is 11.9 Å². The average molecular weight is 348 g/mol. The van der Waals surface area contributed by atoms with Crippen LogP contribution in [0, 0.1) is 5.82 Å². The molecular formula is C17H17FN2OS2. The van der Waals surface area contributed by atoms with Crippen molar-refractivity contribution in [2.24, 2.45) is 0 Å². The van der Waals surface area contributed by atoms with E-state index in [4.69, 9.17) is 0 Å². The lowest BCUT2D eigenvalue weighted by atomic mass is 10.2. The van der Waals surface area contributed by atoms with Crippen molar-refractivity contribution < 1.29 is 4.39 Å². The van der Waals surface area contributed by atoms with Gasteiger partial charge in [0.15, 0.2) is 5.16 Å². The van der Waals surface area contributed by atoms with Gasteiger partial charge in [-0.3, -0.25) is 9.36 Å². The van der Waals surface area contributed by atoms with Gasteiger partial charge in [-0.05, 0) is 36.4 Å². The molecule has 0 saturated heterocycles. The highest BCUT2D eigenvalue weighted by Gasteiger charge is 2.16. The minimum atomic E-state index is -0.228. The van der Waals surface area contributed by atoms with Gasteiger partial charge >= 0.3 is 0 Å². The zero-order chi connectivity index (χ0) is 16.4. The third-order valence-corrected chi connectivity index (χ3v) is 5.72. The van der Waals surface area contributed by atoms with Gasteiger partial charge in [0.05, 0.1) is 5.52 Å². The number of nitrogens with zero attached hydrogens (tertiary/aromatic N) is 2. The monoisotopic (exact) mass is 348 g/mol. The van der Waals surface area contributed by atoms with Gasteiger partial charge in [0.2, 0.25) is 0 Å². The van der Waals surface area contributed by atoms with Gasteiger partial charge in [-0.2, -0.15) is 0 Å². The lowest BCUT2D eigenvalue weighted by Gasteiger charge is -2.17. The summed E-state index contributed by atoms with van der Waals surface area (Å²) in [5.41, 5.74) is 1.33. The molecular weight excluding hydrogens is 331 g/mol. The van der Waals surface area contributed by atoms with E-state index in [2.05, 4.69) is 4.98 Å². The van der Waals surface area contributed by atoms with E-state index in [9.17, 15) is 9.18 Å². The van der Waals surface area contributed by atoms with E-state index in [1.807, 2.05) is 31.4 Å². The molecule has 1 atom stereocenters. The first-order valence-electron chi connectivity index (χ1n) is 7.47. The second-order valence-electron chi connectivity index (χ2n) is 5.34. The molecule has 0 aliphatic rings. The Morgan fingerprint density at radius 3 is 2.87 bits per heavy atom. The molecule has 6 heteroatoms. The van der Waals surface area contributed by atoms with Gasteiger partial charge in [0.1, 0.15) is 10.5 Å². The number of fused-ring (bicyclic) bond motifs is 1. The van der Waals surface area contributed by atoms with E-state index in [1.165, 1.54) is 29.2 Å². The van der Waals surface area contributed by atoms with E-state index in [-0.39, 0.29) is 17.4 Å². The van der Waals surface area contributed by atoms with Crippen LogP contribution in [0.3, 0.4) is 0 Å². The van der Waals surface area contributed by atoms with E-state index >= 15 is 0 Å². The van der Waals surface area contributed by atoms with Crippen molar-refractivity contribution in [3.8, 4) is 0 Å². The fourth-order valence-electron chi connectivity index (χ4n) is 2.33. The minimum absolute atomic E-state index is 0.00427. The van der Waals surface area contributed by atoms with Crippen LogP contribution in [0.25, 0.3) is 10.2 Å². The van der Waals surface area contributed by atoms with Crippen LogP contribution in [0.4, 0.5) is 4.39 Å². The molecule has 3 rings (SSSR count). The molecule has 120 valence electrons. The SMILES string of the molecule is CCC(C)n1c(SCc2ccccc2F)nc2ccsc2c1=O. The smallest absolute Gasteiger partial charge is 0.272 e. The molecule has 0 spiro atoms. The maximum atomic E-state index is 13.8. The molecule has 0 bridgehead atoms. The van der Waals surface area contributed by atoms with Crippen molar-refractivity contribution in [2.45, 2.75) is 37.2 Å². The van der Waals surface area contributed by atoms with Crippen LogP contribution < -0.4 is 5.56 Å². The molecule has 0 aliphatic carbocycles. The van der Waals surface area contributed by atoms with Crippen molar-refractivity contribution in [3.63, 3.8) is 0 Å². The largest absolute Gasteiger partial charge is 0.284 e. The lowest BCUT2D eigenvalue weighted by Crippen LogP contribution is -2.25. The van der Waals surface area contributed by atoms with Gasteiger partial charge in [-0.25, -0.2) is 9.37 Å². The fraction of sp³-hybridized carbons (Fsp3) is 0.294. The summed E-state index contributed by atoms with van der Waals surface area (Å²) in [6.45, 7) is 4.05. The first-order valence-corrected chi connectivity index (χ1v) is 9.34. The lowest BCUT2D eigenvalue weighted by molar-refractivity contribution is 0.468. The predicted octanol–water partition coefficient (Wildman–Crippen LogP) is 4.86. The van der Waals surface area contributed by atoms with Crippen molar-refractivity contribution in [3.05, 3.63) is 57.4 Å². The van der Waals surface area contributed by atoms with Crippen LogP contribution in [-0.4, -0.2) is 9.55 Å². The number of hydrogen-bond donors (Lipinski definition) is 0. The summed E-state index contributed by atoms with van der Waals surface area (Å²) in [7, 11) is 0. The highest BCUT2D eigenvalue weighted by molar-refractivity contribution is 7.98. The van der Waals surface area contributed by atoms with E-state index in [0.29, 0.717) is 21.2 Å². The third-order valence-electron chi connectivity index (χ3n) is 3.83. The summed E-state index contributed by atoms with van der Waals surface area (Å²) in [5, 5.41) is 2.53. The number of benzene rings is 1. The number of thioether (sulfide) groups is 1. The van der Waals surface area contributed by atoms with Gasteiger partial charge in [-0.15, -0.1) is 11.3 Å². The van der Waals surface area contributed by atoms with Crippen molar-refractivity contribution >= 4 is 33.3 Å². The first-order chi connectivity index (χ1) is 11.1. The topological polar surface area (TPSA) is 34.9 Å². The summed E-state index contributed by atoms with van der Waals surface area (Å²) in [4.78, 5) is 17.4. The Morgan fingerprint density at radius 1 is 1.35 bits per heavy atom. The van der Waals surface area contributed by atoms with Crippen LogP contribution in [0.15, 0.2) is 45.7 Å². The highest BCUT2D eigenvalue weighted by Crippen LogP contribution is 2.27. The number of hydrogen-bond acceptors (Lipinski definition) is 4. The van der Waals surface area contributed by atoms with Gasteiger partial charge in [0.25, 0.3) is 5.56 Å². The predicted molar refractivity (Wildman–Crippen MR) is 94.8 cm³/mol. The van der Waals surface area contributed by atoms with Crippen LogP contribution in [-0.2, 0) is 5.75 Å². The van der Waals surface area contributed by atoms with E-state index < -0.39 is 0 Å². The summed E-state index contributed by atoms with van der Waals surface area (Å²) >= 11 is 2.82. The standard InChI is InChI=1S/C17H17FN2OS2/c1-3-11(2)20-16(21)15-14(8-9-22-15)19-17(20)23-10-12-6-4-5-7-13(12)18/h4-9,11H,3,10H2,1-2H3. The third kappa shape index (κ3) is 3.19. The minimum Gasteiger partial charge on any atom is -0.284 e. The molecule has 3 nitrogen and oxygen atoms in total. The van der Waals surface area contributed by atoms with Gasteiger partial charge < -0.3 is 0 Å². The molecule has 3 aromatic rings. The molecule has 0 aliphatic heterocycles. The molecule has 2 aromatic heterocycles. The second-order valence-corrected chi connectivity index (χ2v) is 7.20. The van der Waals surface area contributed by atoms with Crippen LogP contribution in [0.2, 0.25) is 0 Å². The Morgan fingerprint density at radius 2 is 2.13 bits per heavy atom. The van der Waals surface area contributed by atoms with E-state index in [1.54, 1.807) is 16.7 Å². The quantitative estimate of drug-likeness (QED) is 0.488. The van der Waals surface area contributed by atoms with Crippen LogP contribution in [0.1, 0.15) is 31.9 Å². The summed E-state index contributed by atoms with van der Waals surface area (Å²) in [5.74, 6) is 0.222. The fourth-order valence-corrected chi connectivity index (χ4v) is 4.18. The number of thiophene rings is 1. The highest BCUT2D eigenvalue weighted by atomic mass is 32.2. The molecule has 0 saturated carbocycles. The normalized spacial score (nSPS) is 12.7.